The lowest BCUT2D eigenvalue weighted by molar-refractivity contribution is -0.118. The maximum atomic E-state index is 15.9. The maximum absolute atomic E-state index is 15.9. The topological polar surface area (TPSA) is 39.8 Å². The van der Waals surface area contributed by atoms with Crippen molar-refractivity contribution in [3.05, 3.63) is 179 Å². The maximum Gasteiger partial charge on any atom is 0.170 e. The van der Waals surface area contributed by atoms with Gasteiger partial charge >= 0.3 is 0 Å². The summed E-state index contributed by atoms with van der Waals surface area (Å²) in [6.45, 7) is 0. The molecule has 2 radical (unpaired) electrons. The van der Waals surface area contributed by atoms with Crippen LogP contribution in [0.5, 0.6) is 0 Å². The van der Waals surface area contributed by atoms with Crippen molar-refractivity contribution >= 4 is 0 Å². The van der Waals surface area contributed by atoms with Crippen molar-refractivity contribution in [3.8, 4) is 0 Å². The zero-order chi connectivity index (χ0) is 24.1. The highest BCUT2D eigenvalue weighted by Gasteiger charge is 2.61. The van der Waals surface area contributed by atoms with Crippen molar-refractivity contribution in [2.75, 3.05) is 0 Å². The summed E-state index contributed by atoms with van der Waals surface area (Å²) in [5.74, 6) is 0. The molecule has 5 aromatic rings. The Morgan fingerprint density at radius 2 is 0.686 bits per heavy atom. The van der Waals surface area contributed by atoms with Crippen LogP contribution in [0.15, 0.2) is 152 Å². The molecule has 0 aliphatic carbocycles. The van der Waals surface area contributed by atoms with Gasteiger partial charge in [-0.2, -0.15) is 0 Å². The SMILES string of the molecule is [O]C(c1ccccc1)C(c1ccccc1)(c1ccccc1)C([O])(c1ccccc1)c1ccccc1. The van der Waals surface area contributed by atoms with E-state index in [4.69, 9.17) is 0 Å². The Hall–Kier alpha value is -3.98. The van der Waals surface area contributed by atoms with Gasteiger partial charge in [0.05, 0.1) is 5.41 Å². The van der Waals surface area contributed by atoms with Crippen LogP contribution in [0, 0.1) is 0 Å². The van der Waals surface area contributed by atoms with Gasteiger partial charge in [0.2, 0.25) is 0 Å². The standard InChI is InChI=1S/C33H26O2/c34-31(26-16-6-1-7-17-26)32(27-18-8-2-9-19-27,28-20-10-3-11-21-28)33(35,29-22-12-4-13-23-29)30-24-14-5-15-25-30/h1-25,31H. The van der Waals surface area contributed by atoms with E-state index in [2.05, 4.69) is 0 Å². The molecule has 0 aliphatic heterocycles. The van der Waals surface area contributed by atoms with Crippen molar-refractivity contribution in [2.45, 2.75) is 17.1 Å². The van der Waals surface area contributed by atoms with E-state index in [0.29, 0.717) is 27.8 Å². The molecular formula is C33H26O2. The Labute approximate surface area is 206 Å². The number of benzene rings is 5. The highest BCUT2D eigenvalue weighted by Crippen LogP contribution is 2.58. The summed E-state index contributed by atoms with van der Waals surface area (Å²) in [4.78, 5) is 0. The third-order valence-corrected chi connectivity index (χ3v) is 6.87. The van der Waals surface area contributed by atoms with Crippen molar-refractivity contribution in [3.63, 3.8) is 0 Å². The van der Waals surface area contributed by atoms with Crippen molar-refractivity contribution < 1.29 is 10.2 Å². The fourth-order valence-corrected chi connectivity index (χ4v) is 5.31. The fourth-order valence-electron chi connectivity index (χ4n) is 5.31. The number of hydrogen-bond donors (Lipinski definition) is 0. The molecule has 0 heterocycles. The minimum Gasteiger partial charge on any atom is -0.226 e. The minimum absolute atomic E-state index is 0.552. The Bertz CT molecular complexity index is 1260. The Morgan fingerprint density at radius 3 is 1.03 bits per heavy atom. The number of rotatable bonds is 7. The minimum atomic E-state index is -1.93. The molecule has 0 saturated carbocycles. The van der Waals surface area contributed by atoms with Gasteiger partial charge in [-0.15, -0.1) is 0 Å². The van der Waals surface area contributed by atoms with Gasteiger partial charge in [0.25, 0.3) is 0 Å². The molecule has 2 nitrogen and oxygen atoms in total. The lowest BCUT2D eigenvalue weighted by Crippen LogP contribution is -2.53. The summed E-state index contributed by atoms with van der Waals surface area (Å²) >= 11 is 0. The molecule has 0 N–H and O–H groups in total. The van der Waals surface area contributed by atoms with Gasteiger partial charge in [0.15, 0.2) is 5.60 Å². The van der Waals surface area contributed by atoms with Crippen molar-refractivity contribution in [1.29, 1.82) is 0 Å². The molecule has 2 heteroatoms. The van der Waals surface area contributed by atoms with Crippen LogP contribution in [0.3, 0.4) is 0 Å². The largest absolute Gasteiger partial charge is 0.226 e. The summed E-state index contributed by atoms with van der Waals surface area (Å²) < 4.78 is 0. The Balaban J connectivity index is 1.97. The van der Waals surface area contributed by atoms with Gasteiger partial charge in [0.1, 0.15) is 6.10 Å². The normalized spacial score (nSPS) is 12.7. The van der Waals surface area contributed by atoms with Gasteiger partial charge in [0, 0.05) is 0 Å². The van der Waals surface area contributed by atoms with Crippen LogP contribution < -0.4 is 0 Å². The molecule has 0 spiro atoms. The summed E-state index contributed by atoms with van der Waals surface area (Å²) in [6.07, 6.45) is -1.38. The quantitative estimate of drug-likeness (QED) is 0.244. The second-order valence-corrected chi connectivity index (χ2v) is 8.74. The third-order valence-electron chi connectivity index (χ3n) is 6.87. The second-order valence-electron chi connectivity index (χ2n) is 8.74. The molecule has 5 rings (SSSR count). The van der Waals surface area contributed by atoms with Gasteiger partial charge in [-0.05, 0) is 27.8 Å². The summed E-state index contributed by atoms with van der Waals surface area (Å²) in [5, 5.41) is 30.9. The van der Waals surface area contributed by atoms with Crippen molar-refractivity contribution in [1.82, 2.24) is 0 Å². The molecule has 0 amide bonds. The lowest BCUT2D eigenvalue weighted by Gasteiger charge is -2.49. The average Bonchev–Trinajstić information content (AvgIpc) is 2.96. The zero-order valence-corrected chi connectivity index (χ0v) is 19.3. The van der Waals surface area contributed by atoms with Crippen LogP contribution in [0.1, 0.15) is 33.9 Å². The van der Waals surface area contributed by atoms with Gasteiger partial charge < -0.3 is 0 Å². The molecule has 0 aromatic heterocycles. The van der Waals surface area contributed by atoms with Crippen LogP contribution in [-0.2, 0) is 21.2 Å². The van der Waals surface area contributed by atoms with E-state index in [1.807, 2.05) is 152 Å². The van der Waals surface area contributed by atoms with Gasteiger partial charge in [-0.25, -0.2) is 10.2 Å². The van der Waals surface area contributed by atoms with Crippen molar-refractivity contribution in [2.24, 2.45) is 0 Å². The van der Waals surface area contributed by atoms with Crippen LogP contribution in [0.25, 0.3) is 0 Å². The summed E-state index contributed by atoms with van der Waals surface area (Å²) in [7, 11) is 0. The van der Waals surface area contributed by atoms with Crippen LogP contribution in [0.2, 0.25) is 0 Å². The highest BCUT2D eigenvalue weighted by molar-refractivity contribution is 5.55. The molecule has 35 heavy (non-hydrogen) atoms. The monoisotopic (exact) mass is 454 g/mol. The van der Waals surface area contributed by atoms with E-state index < -0.39 is 17.1 Å². The summed E-state index contributed by atoms with van der Waals surface area (Å²) in [5.41, 5.74) is -0.366. The first-order valence-electron chi connectivity index (χ1n) is 11.8. The van der Waals surface area contributed by atoms with E-state index in [9.17, 15) is 5.11 Å². The predicted molar refractivity (Wildman–Crippen MR) is 138 cm³/mol. The zero-order valence-electron chi connectivity index (χ0n) is 19.3. The first kappa shape index (κ1) is 22.8. The van der Waals surface area contributed by atoms with E-state index >= 15 is 5.11 Å². The highest BCUT2D eigenvalue weighted by atomic mass is 16.3. The molecular weight excluding hydrogens is 428 g/mol. The Kier molecular flexibility index (Phi) is 6.33. The predicted octanol–water partition coefficient (Wildman–Crippen LogP) is 7.52. The summed E-state index contributed by atoms with van der Waals surface area (Å²) in [6, 6.07) is 47.0. The van der Waals surface area contributed by atoms with E-state index in [1.54, 1.807) is 0 Å². The Morgan fingerprint density at radius 1 is 0.400 bits per heavy atom. The van der Waals surface area contributed by atoms with E-state index in [-0.39, 0.29) is 0 Å². The van der Waals surface area contributed by atoms with Crippen LogP contribution >= 0.6 is 0 Å². The lowest BCUT2D eigenvalue weighted by atomic mass is 9.54. The molecule has 0 bridgehead atoms. The first-order chi connectivity index (χ1) is 17.2. The molecule has 1 atom stereocenters. The van der Waals surface area contributed by atoms with E-state index in [1.165, 1.54) is 0 Å². The third kappa shape index (κ3) is 3.77. The fraction of sp³-hybridized carbons (Fsp3) is 0.0909. The molecule has 170 valence electrons. The number of hydrogen-bond acceptors (Lipinski definition) is 0. The first-order valence-corrected chi connectivity index (χ1v) is 11.8. The molecule has 0 fully saturated rings. The second kappa shape index (κ2) is 9.71. The smallest absolute Gasteiger partial charge is 0.170 e. The van der Waals surface area contributed by atoms with Crippen LogP contribution in [0.4, 0.5) is 0 Å². The molecule has 0 aliphatic rings. The molecule has 5 aromatic carbocycles. The molecule has 1 unspecified atom stereocenters. The van der Waals surface area contributed by atoms with Gasteiger partial charge in [-0.3, -0.25) is 0 Å². The van der Waals surface area contributed by atoms with E-state index in [0.717, 1.165) is 0 Å². The average molecular weight is 455 g/mol. The van der Waals surface area contributed by atoms with Crippen LogP contribution in [-0.4, -0.2) is 0 Å². The van der Waals surface area contributed by atoms with Gasteiger partial charge in [-0.1, -0.05) is 152 Å². The molecule has 0 saturated heterocycles.